The molecule has 0 radical (unpaired) electrons. The van der Waals surface area contributed by atoms with E-state index in [1.165, 1.54) is 5.56 Å². The van der Waals surface area contributed by atoms with Crippen LogP contribution in [0.25, 0.3) is 0 Å². The van der Waals surface area contributed by atoms with Gasteiger partial charge in [-0.15, -0.1) is 0 Å². The van der Waals surface area contributed by atoms with Crippen LogP contribution in [0.3, 0.4) is 0 Å². The molecule has 1 rings (SSSR count). The SMILES string of the molecule is CC.CC.CC/C(=C\C=NC)Oc1ccc(C)cc1. The minimum Gasteiger partial charge on any atom is -0.462 e. The highest BCUT2D eigenvalue weighted by molar-refractivity contribution is 5.71. The summed E-state index contributed by atoms with van der Waals surface area (Å²) in [6, 6.07) is 8.02. The van der Waals surface area contributed by atoms with Crippen molar-refractivity contribution in [1.82, 2.24) is 0 Å². The van der Waals surface area contributed by atoms with Gasteiger partial charge in [-0.3, -0.25) is 4.99 Å². The predicted molar refractivity (Wildman–Crippen MR) is 87.3 cm³/mol. The van der Waals surface area contributed by atoms with E-state index in [1.54, 1.807) is 13.3 Å². The molecule has 108 valence electrons. The number of hydrogen-bond donors (Lipinski definition) is 0. The van der Waals surface area contributed by atoms with E-state index in [1.807, 2.05) is 58.0 Å². The second kappa shape index (κ2) is 14.5. The van der Waals surface area contributed by atoms with Crippen molar-refractivity contribution in [1.29, 1.82) is 0 Å². The fourth-order valence-corrected chi connectivity index (χ4v) is 1.14. The Labute approximate surface area is 119 Å². The van der Waals surface area contributed by atoms with Crippen molar-refractivity contribution in [2.24, 2.45) is 4.99 Å². The van der Waals surface area contributed by atoms with Gasteiger partial charge in [-0.2, -0.15) is 0 Å². The molecular formula is C17H29NO. The zero-order valence-electron chi connectivity index (χ0n) is 13.5. The Morgan fingerprint density at radius 2 is 1.63 bits per heavy atom. The smallest absolute Gasteiger partial charge is 0.126 e. The highest BCUT2D eigenvalue weighted by atomic mass is 16.5. The van der Waals surface area contributed by atoms with Crippen molar-refractivity contribution in [2.45, 2.75) is 48.0 Å². The Bertz CT molecular complexity index is 350. The first-order valence-electron chi connectivity index (χ1n) is 7.12. The van der Waals surface area contributed by atoms with Crippen LogP contribution in [0.2, 0.25) is 0 Å². The lowest BCUT2D eigenvalue weighted by molar-refractivity contribution is 0.410. The van der Waals surface area contributed by atoms with Crippen molar-refractivity contribution in [2.75, 3.05) is 7.05 Å². The monoisotopic (exact) mass is 263 g/mol. The first-order valence-corrected chi connectivity index (χ1v) is 7.12. The molecule has 1 aromatic carbocycles. The molecule has 0 amide bonds. The first kappa shape index (κ1) is 19.8. The third-order valence-corrected chi connectivity index (χ3v) is 2.03. The quantitative estimate of drug-likeness (QED) is 0.525. The van der Waals surface area contributed by atoms with Crippen LogP contribution in [0.1, 0.15) is 46.6 Å². The summed E-state index contributed by atoms with van der Waals surface area (Å²) in [5.74, 6) is 1.79. The van der Waals surface area contributed by atoms with E-state index in [0.717, 1.165) is 17.9 Å². The lowest BCUT2D eigenvalue weighted by atomic mass is 10.2. The summed E-state index contributed by atoms with van der Waals surface area (Å²) in [4.78, 5) is 3.90. The van der Waals surface area contributed by atoms with Gasteiger partial charge < -0.3 is 4.74 Å². The summed E-state index contributed by atoms with van der Waals surface area (Å²) in [6.45, 7) is 12.1. The third kappa shape index (κ3) is 10.1. The van der Waals surface area contributed by atoms with E-state index in [4.69, 9.17) is 4.74 Å². The number of aliphatic imine (C=N–C) groups is 1. The third-order valence-electron chi connectivity index (χ3n) is 2.03. The van der Waals surface area contributed by atoms with Crippen LogP contribution in [-0.4, -0.2) is 13.3 Å². The number of aryl methyl sites for hydroxylation is 1. The first-order chi connectivity index (χ1) is 9.26. The number of ether oxygens (including phenoxy) is 1. The Hall–Kier alpha value is -1.57. The maximum absolute atomic E-state index is 5.69. The summed E-state index contributed by atoms with van der Waals surface area (Å²) in [5, 5.41) is 0. The number of benzene rings is 1. The van der Waals surface area contributed by atoms with E-state index < -0.39 is 0 Å². The minimum absolute atomic E-state index is 0.861. The van der Waals surface area contributed by atoms with Crippen molar-refractivity contribution in [3.05, 3.63) is 41.7 Å². The molecule has 0 bridgehead atoms. The second-order valence-corrected chi connectivity index (χ2v) is 3.31. The van der Waals surface area contributed by atoms with Crippen LogP contribution >= 0.6 is 0 Å². The molecule has 0 aromatic heterocycles. The van der Waals surface area contributed by atoms with Crippen LogP contribution in [0, 0.1) is 6.92 Å². The van der Waals surface area contributed by atoms with Crippen molar-refractivity contribution in [3.8, 4) is 5.75 Å². The van der Waals surface area contributed by atoms with E-state index in [2.05, 4.69) is 18.8 Å². The van der Waals surface area contributed by atoms with Gasteiger partial charge in [0, 0.05) is 19.7 Å². The lowest BCUT2D eigenvalue weighted by Gasteiger charge is -2.07. The molecule has 19 heavy (non-hydrogen) atoms. The Morgan fingerprint density at radius 3 is 2.05 bits per heavy atom. The summed E-state index contributed by atoms with van der Waals surface area (Å²) >= 11 is 0. The molecule has 1 aromatic rings. The fourth-order valence-electron chi connectivity index (χ4n) is 1.14. The maximum Gasteiger partial charge on any atom is 0.126 e. The van der Waals surface area contributed by atoms with E-state index in [9.17, 15) is 0 Å². The van der Waals surface area contributed by atoms with Gasteiger partial charge in [0.05, 0.1) is 0 Å². The zero-order chi connectivity index (χ0) is 15.1. The average Bonchev–Trinajstić information content (AvgIpc) is 2.49. The summed E-state index contributed by atoms with van der Waals surface area (Å²) < 4.78 is 5.69. The standard InChI is InChI=1S/C13H17NO.2C2H6/c1-4-12(9-10-14-3)15-13-7-5-11(2)6-8-13;2*1-2/h5-10H,4H2,1-3H3;2*1-2H3/b12-9+,14-10?;;. The average molecular weight is 263 g/mol. The highest BCUT2D eigenvalue weighted by Gasteiger charge is 1.96. The van der Waals surface area contributed by atoms with Gasteiger partial charge in [0.1, 0.15) is 11.5 Å². The van der Waals surface area contributed by atoms with Crippen LogP contribution in [0.5, 0.6) is 5.75 Å². The fraction of sp³-hybridized carbons (Fsp3) is 0.471. The van der Waals surface area contributed by atoms with Crippen LogP contribution < -0.4 is 4.74 Å². The molecule has 0 fully saturated rings. The molecule has 0 heterocycles. The lowest BCUT2D eigenvalue weighted by Crippen LogP contribution is -1.94. The molecule has 2 heteroatoms. The number of allylic oxidation sites excluding steroid dienone is 2. The molecule has 2 nitrogen and oxygen atoms in total. The van der Waals surface area contributed by atoms with E-state index in [0.29, 0.717) is 0 Å². The molecule has 0 spiro atoms. The normalized spacial score (nSPS) is 10.2. The number of rotatable bonds is 4. The Morgan fingerprint density at radius 1 is 1.11 bits per heavy atom. The number of nitrogens with zero attached hydrogens (tertiary/aromatic N) is 1. The number of hydrogen-bond acceptors (Lipinski definition) is 2. The van der Waals surface area contributed by atoms with E-state index >= 15 is 0 Å². The van der Waals surface area contributed by atoms with Gasteiger partial charge in [-0.1, -0.05) is 52.3 Å². The second-order valence-electron chi connectivity index (χ2n) is 3.31. The van der Waals surface area contributed by atoms with Crippen molar-refractivity contribution < 1.29 is 4.74 Å². The van der Waals surface area contributed by atoms with Gasteiger partial charge in [-0.25, -0.2) is 0 Å². The van der Waals surface area contributed by atoms with E-state index in [-0.39, 0.29) is 0 Å². The molecular weight excluding hydrogens is 234 g/mol. The zero-order valence-corrected chi connectivity index (χ0v) is 13.5. The predicted octanol–water partition coefficient (Wildman–Crippen LogP) is 5.42. The van der Waals surface area contributed by atoms with Gasteiger partial charge in [0.15, 0.2) is 0 Å². The Balaban J connectivity index is 0. The minimum atomic E-state index is 0.861. The van der Waals surface area contributed by atoms with Gasteiger partial charge in [0.2, 0.25) is 0 Å². The molecule has 0 aliphatic carbocycles. The maximum atomic E-state index is 5.69. The van der Waals surface area contributed by atoms with Crippen molar-refractivity contribution >= 4 is 6.21 Å². The summed E-state index contributed by atoms with van der Waals surface area (Å²) in [6.07, 6.45) is 4.49. The highest BCUT2D eigenvalue weighted by Crippen LogP contribution is 2.15. The topological polar surface area (TPSA) is 21.6 Å². The molecule has 0 saturated carbocycles. The van der Waals surface area contributed by atoms with Gasteiger partial charge in [0.25, 0.3) is 0 Å². The van der Waals surface area contributed by atoms with Gasteiger partial charge >= 0.3 is 0 Å². The summed E-state index contributed by atoms with van der Waals surface area (Å²) in [7, 11) is 1.75. The largest absolute Gasteiger partial charge is 0.462 e. The summed E-state index contributed by atoms with van der Waals surface area (Å²) in [5.41, 5.74) is 1.24. The van der Waals surface area contributed by atoms with Crippen LogP contribution in [0.4, 0.5) is 0 Å². The molecule has 0 aliphatic heterocycles. The van der Waals surface area contributed by atoms with Gasteiger partial charge in [-0.05, 0) is 25.1 Å². The molecule has 0 saturated heterocycles. The molecule has 0 unspecified atom stereocenters. The molecule has 0 atom stereocenters. The Kier molecular flexibility index (Phi) is 15.1. The molecule has 0 aliphatic rings. The van der Waals surface area contributed by atoms with Crippen molar-refractivity contribution in [3.63, 3.8) is 0 Å². The van der Waals surface area contributed by atoms with Crippen LogP contribution in [-0.2, 0) is 0 Å². The van der Waals surface area contributed by atoms with Crippen LogP contribution in [0.15, 0.2) is 41.1 Å². The molecule has 0 N–H and O–H groups in total.